The molecular formula is C18H23N3O3. The average Bonchev–Trinajstić information content (AvgIpc) is 3.06. The Morgan fingerprint density at radius 2 is 2.00 bits per heavy atom. The van der Waals surface area contributed by atoms with Gasteiger partial charge in [-0.25, -0.2) is 0 Å². The zero-order chi connectivity index (χ0) is 17.5. The van der Waals surface area contributed by atoms with Crippen molar-refractivity contribution in [3.05, 3.63) is 42.5 Å². The Morgan fingerprint density at radius 3 is 2.62 bits per heavy atom. The summed E-state index contributed by atoms with van der Waals surface area (Å²) >= 11 is 0. The second-order valence-electron chi connectivity index (χ2n) is 6.00. The van der Waals surface area contributed by atoms with Gasteiger partial charge >= 0.3 is 0 Å². The Bertz CT molecular complexity index is 636. The van der Waals surface area contributed by atoms with Gasteiger partial charge < -0.3 is 16.0 Å². The highest BCUT2D eigenvalue weighted by Gasteiger charge is 2.27. The Morgan fingerprint density at radius 1 is 1.29 bits per heavy atom. The van der Waals surface area contributed by atoms with Crippen LogP contribution in [-0.2, 0) is 20.8 Å². The molecule has 6 heteroatoms. The van der Waals surface area contributed by atoms with Crippen molar-refractivity contribution in [1.82, 2.24) is 4.90 Å². The Hall–Kier alpha value is -2.63. The van der Waals surface area contributed by atoms with Crippen LogP contribution in [0.3, 0.4) is 0 Å². The van der Waals surface area contributed by atoms with Crippen molar-refractivity contribution in [2.45, 2.75) is 38.1 Å². The molecule has 0 saturated heterocycles. The number of primary amides is 1. The van der Waals surface area contributed by atoms with Crippen molar-refractivity contribution < 1.29 is 14.4 Å². The third-order valence-corrected chi connectivity index (χ3v) is 4.15. The summed E-state index contributed by atoms with van der Waals surface area (Å²) in [6, 6.07) is 7.17. The highest BCUT2D eigenvalue weighted by molar-refractivity contribution is 5.99. The standard InChI is InChI=1S/C18H23N3O3/c1-2-17(23)20-14-7-5-6-13(10-14)11-18(24)21(12-16(19)22)15-8-3-4-9-15/h2,5-7,10,15H,1,3-4,8-9,11-12H2,(H2,19,22)(H,20,23). The van der Waals surface area contributed by atoms with Gasteiger partial charge in [0, 0.05) is 11.7 Å². The number of hydrogen-bond donors (Lipinski definition) is 2. The van der Waals surface area contributed by atoms with Gasteiger partial charge in [-0.2, -0.15) is 0 Å². The number of nitrogens with zero attached hydrogens (tertiary/aromatic N) is 1. The molecule has 3 amide bonds. The number of nitrogens with one attached hydrogen (secondary N) is 1. The van der Waals surface area contributed by atoms with Crippen LogP contribution in [0, 0.1) is 0 Å². The Labute approximate surface area is 141 Å². The van der Waals surface area contributed by atoms with E-state index in [1.54, 1.807) is 23.1 Å². The lowest BCUT2D eigenvalue weighted by atomic mass is 10.1. The van der Waals surface area contributed by atoms with E-state index in [9.17, 15) is 14.4 Å². The van der Waals surface area contributed by atoms with E-state index in [0.29, 0.717) is 5.69 Å². The summed E-state index contributed by atoms with van der Waals surface area (Å²) in [5.74, 6) is -0.921. The Balaban J connectivity index is 2.08. The maximum atomic E-state index is 12.6. The number of anilines is 1. The summed E-state index contributed by atoms with van der Waals surface area (Å²) in [6.07, 6.45) is 5.31. The summed E-state index contributed by atoms with van der Waals surface area (Å²) in [5.41, 5.74) is 6.67. The number of rotatable bonds is 7. The maximum absolute atomic E-state index is 12.6. The van der Waals surface area contributed by atoms with Crippen molar-refractivity contribution in [3.63, 3.8) is 0 Å². The molecule has 0 spiro atoms. The first-order valence-electron chi connectivity index (χ1n) is 8.09. The average molecular weight is 329 g/mol. The molecule has 128 valence electrons. The normalized spacial score (nSPS) is 14.2. The number of carbonyl (C=O) groups is 3. The van der Waals surface area contributed by atoms with Crippen molar-refractivity contribution in [2.24, 2.45) is 5.73 Å². The predicted octanol–water partition coefficient (Wildman–Crippen LogP) is 1.61. The molecule has 1 fully saturated rings. The van der Waals surface area contributed by atoms with Gasteiger partial charge in [0.1, 0.15) is 0 Å². The van der Waals surface area contributed by atoms with Crippen LogP contribution in [0.1, 0.15) is 31.2 Å². The van der Waals surface area contributed by atoms with Crippen molar-refractivity contribution >= 4 is 23.4 Å². The Kier molecular flexibility index (Phi) is 6.12. The molecule has 0 radical (unpaired) electrons. The van der Waals surface area contributed by atoms with Crippen molar-refractivity contribution in [2.75, 3.05) is 11.9 Å². The number of nitrogens with two attached hydrogens (primary N) is 1. The van der Waals surface area contributed by atoms with E-state index in [1.165, 1.54) is 6.08 Å². The van der Waals surface area contributed by atoms with Gasteiger partial charge in [0.2, 0.25) is 17.7 Å². The van der Waals surface area contributed by atoms with Crippen LogP contribution in [0.5, 0.6) is 0 Å². The van der Waals surface area contributed by atoms with Crippen LogP contribution in [0.4, 0.5) is 5.69 Å². The van der Waals surface area contributed by atoms with Crippen LogP contribution < -0.4 is 11.1 Å². The SMILES string of the molecule is C=CC(=O)Nc1cccc(CC(=O)N(CC(N)=O)C2CCCC2)c1. The van der Waals surface area contributed by atoms with Gasteiger partial charge in [0.25, 0.3) is 0 Å². The molecule has 0 atom stereocenters. The van der Waals surface area contributed by atoms with Gasteiger partial charge in [0.15, 0.2) is 0 Å². The van der Waals surface area contributed by atoms with E-state index < -0.39 is 5.91 Å². The molecule has 1 aromatic rings. The number of carbonyl (C=O) groups excluding carboxylic acids is 3. The molecule has 0 bridgehead atoms. The zero-order valence-electron chi connectivity index (χ0n) is 13.7. The molecule has 1 aliphatic carbocycles. The number of benzene rings is 1. The van der Waals surface area contributed by atoms with Crippen LogP contribution in [-0.4, -0.2) is 35.2 Å². The van der Waals surface area contributed by atoms with Crippen LogP contribution >= 0.6 is 0 Å². The first-order chi connectivity index (χ1) is 11.5. The van der Waals surface area contributed by atoms with E-state index >= 15 is 0 Å². The summed E-state index contributed by atoms with van der Waals surface area (Å²) in [4.78, 5) is 36.9. The molecule has 0 heterocycles. The van der Waals surface area contributed by atoms with E-state index in [2.05, 4.69) is 11.9 Å². The fourth-order valence-electron chi connectivity index (χ4n) is 3.03. The fourth-order valence-corrected chi connectivity index (χ4v) is 3.03. The van der Waals surface area contributed by atoms with E-state index in [4.69, 9.17) is 5.73 Å². The minimum Gasteiger partial charge on any atom is -0.368 e. The van der Waals surface area contributed by atoms with Crippen molar-refractivity contribution in [3.8, 4) is 0 Å². The molecule has 24 heavy (non-hydrogen) atoms. The lowest BCUT2D eigenvalue weighted by Gasteiger charge is -2.28. The third-order valence-electron chi connectivity index (χ3n) is 4.15. The quantitative estimate of drug-likeness (QED) is 0.744. The van der Waals surface area contributed by atoms with Crippen LogP contribution in [0.25, 0.3) is 0 Å². The smallest absolute Gasteiger partial charge is 0.247 e. The number of hydrogen-bond acceptors (Lipinski definition) is 3. The molecule has 2 rings (SSSR count). The van der Waals surface area contributed by atoms with E-state index in [-0.39, 0.29) is 30.8 Å². The molecule has 0 unspecified atom stereocenters. The molecule has 1 aromatic carbocycles. The molecular weight excluding hydrogens is 306 g/mol. The third kappa shape index (κ3) is 4.94. The lowest BCUT2D eigenvalue weighted by molar-refractivity contribution is -0.136. The summed E-state index contributed by atoms with van der Waals surface area (Å²) in [5, 5.41) is 2.67. The molecule has 0 aliphatic heterocycles. The largest absolute Gasteiger partial charge is 0.368 e. The molecule has 1 saturated carbocycles. The zero-order valence-corrected chi connectivity index (χ0v) is 13.7. The summed E-state index contributed by atoms with van der Waals surface area (Å²) in [6.45, 7) is 3.36. The monoisotopic (exact) mass is 329 g/mol. The van der Waals surface area contributed by atoms with Crippen LogP contribution in [0.15, 0.2) is 36.9 Å². The summed E-state index contributed by atoms with van der Waals surface area (Å²) in [7, 11) is 0. The highest BCUT2D eigenvalue weighted by Crippen LogP contribution is 2.24. The van der Waals surface area contributed by atoms with E-state index in [1.807, 2.05) is 6.07 Å². The van der Waals surface area contributed by atoms with Crippen molar-refractivity contribution in [1.29, 1.82) is 0 Å². The minimum atomic E-state index is -0.498. The first-order valence-corrected chi connectivity index (χ1v) is 8.09. The predicted molar refractivity (Wildman–Crippen MR) is 92.1 cm³/mol. The topological polar surface area (TPSA) is 92.5 Å². The van der Waals surface area contributed by atoms with Gasteiger partial charge in [-0.1, -0.05) is 31.6 Å². The molecule has 0 aromatic heterocycles. The molecule has 1 aliphatic rings. The van der Waals surface area contributed by atoms with E-state index in [0.717, 1.165) is 31.2 Å². The first kappa shape index (κ1) is 17.7. The van der Waals surface area contributed by atoms with Crippen LogP contribution in [0.2, 0.25) is 0 Å². The number of amides is 3. The van der Waals surface area contributed by atoms with Gasteiger partial charge in [-0.05, 0) is 36.6 Å². The summed E-state index contributed by atoms with van der Waals surface area (Å²) < 4.78 is 0. The van der Waals surface area contributed by atoms with Gasteiger partial charge in [-0.3, -0.25) is 14.4 Å². The highest BCUT2D eigenvalue weighted by atomic mass is 16.2. The molecule has 3 N–H and O–H groups in total. The van der Waals surface area contributed by atoms with Gasteiger partial charge in [0.05, 0.1) is 13.0 Å². The maximum Gasteiger partial charge on any atom is 0.247 e. The van der Waals surface area contributed by atoms with Gasteiger partial charge in [-0.15, -0.1) is 0 Å². The fraction of sp³-hybridized carbons (Fsp3) is 0.389. The molecule has 6 nitrogen and oxygen atoms in total. The minimum absolute atomic E-state index is 0.0452. The lowest BCUT2D eigenvalue weighted by Crippen LogP contribution is -2.44. The second kappa shape index (κ2) is 8.29. The second-order valence-corrected chi connectivity index (χ2v) is 6.00.